The standard InChI is InChI=1S/C14H20N2O/c1-10(2)11-4-5-13-12(8-11)9-14(17)16(13)7-6-15-3/h4-5,8,10,15H,6-7,9H2,1-3H3. The first-order valence-electron chi connectivity index (χ1n) is 6.21. The van der Waals surface area contributed by atoms with E-state index in [-0.39, 0.29) is 5.91 Å². The number of likely N-dealkylation sites (N-methyl/N-ethyl adjacent to an activating group) is 1. The lowest BCUT2D eigenvalue weighted by atomic mass is 10.00. The Labute approximate surface area is 103 Å². The van der Waals surface area contributed by atoms with Crippen molar-refractivity contribution in [1.29, 1.82) is 0 Å². The maximum atomic E-state index is 11.9. The van der Waals surface area contributed by atoms with Gasteiger partial charge in [-0.05, 0) is 30.2 Å². The first-order chi connectivity index (χ1) is 8.13. The first kappa shape index (κ1) is 12.1. The lowest BCUT2D eigenvalue weighted by Gasteiger charge is -2.17. The molecule has 0 aliphatic carbocycles. The van der Waals surface area contributed by atoms with E-state index in [1.807, 2.05) is 11.9 Å². The second kappa shape index (κ2) is 4.88. The van der Waals surface area contributed by atoms with Gasteiger partial charge in [0.25, 0.3) is 0 Å². The molecule has 0 atom stereocenters. The number of anilines is 1. The van der Waals surface area contributed by atoms with Crippen LogP contribution < -0.4 is 10.2 Å². The zero-order valence-corrected chi connectivity index (χ0v) is 10.8. The lowest BCUT2D eigenvalue weighted by Crippen LogP contribution is -2.33. The fourth-order valence-corrected chi connectivity index (χ4v) is 2.23. The summed E-state index contributed by atoms with van der Waals surface area (Å²) in [5.74, 6) is 0.734. The van der Waals surface area contributed by atoms with Crippen molar-refractivity contribution in [2.75, 3.05) is 25.0 Å². The highest BCUT2D eigenvalue weighted by atomic mass is 16.2. The average Bonchev–Trinajstić information content (AvgIpc) is 2.61. The van der Waals surface area contributed by atoms with Crippen LogP contribution in [0, 0.1) is 0 Å². The zero-order chi connectivity index (χ0) is 12.4. The molecular weight excluding hydrogens is 212 g/mol. The Hall–Kier alpha value is -1.35. The van der Waals surface area contributed by atoms with Crippen LogP contribution in [-0.4, -0.2) is 26.0 Å². The highest BCUT2D eigenvalue weighted by Crippen LogP contribution is 2.31. The largest absolute Gasteiger partial charge is 0.318 e. The summed E-state index contributed by atoms with van der Waals surface area (Å²) in [4.78, 5) is 13.8. The number of hydrogen-bond donors (Lipinski definition) is 1. The smallest absolute Gasteiger partial charge is 0.231 e. The van der Waals surface area contributed by atoms with Crippen LogP contribution in [0.2, 0.25) is 0 Å². The predicted octanol–water partition coefficient (Wildman–Crippen LogP) is 1.92. The van der Waals surface area contributed by atoms with Gasteiger partial charge in [-0.3, -0.25) is 4.79 Å². The molecule has 3 heteroatoms. The van der Waals surface area contributed by atoms with E-state index in [2.05, 4.69) is 37.4 Å². The fourth-order valence-electron chi connectivity index (χ4n) is 2.23. The molecule has 1 aromatic rings. The molecule has 3 nitrogen and oxygen atoms in total. The second-order valence-corrected chi connectivity index (χ2v) is 4.87. The van der Waals surface area contributed by atoms with Crippen molar-refractivity contribution in [3.05, 3.63) is 29.3 Å². The molecule has 0 saturated carbocycles. The molecular formula is C14H20N2O. The summed E-state index contributed by atoms with van der Waals surface area (Å²) in [5, 5.41) is 3.08. The van der Waals surface area contributed by atoms with Crippen molar-refractivity contribution < 1.29 is 4.79 Å². The number of carbonyl (C=O) groups excluding carboxylic acids is 1. The van der Waals surface area contributed by atoms with Gasteiger partial charge in [-0.25, -0.2) is 0 Å². The van der Waals surface area contributed by atoms with Gasteiger partial charge >= 0.3 is 0 Å². The van der Waals surface area contributed by atoms with Gasteiger partial charge in [-0.15, -0.1) is 0 Å². The molecule has 1 amide bonds. The highest BCUT2D eigenvalue weighted by molar-refractivity contribution is 6.01. The summed E-state index contributed by atoms with van der Waals surface area (Å²) in [6.07, 6.45) is 0.555. The van der Waals surface area contributed by atoms with Gasteiger partial charge in [0.1, 0.15) is 0 Å². The van der Waals surface area contributed by atoms with Crippen LogP contribution in [0.15, 0.2) is 18.2 Å². The maximum absolute atomic E-state index is 11.9. The number of fused-ring (bicyclic) bond motifs is 1. The van der Waals surface area contributed by atoms with Crippen molar-refractivity contribution >= 4 is 11.6 Å². The van der Waals surface area contributed by atoms with Gasteiger partial charge < -0.3 is 10.2 Å². The quantitative estimate of drug-likeness (QED) is 0.860. The van der Waals surface area contributed by atoms with Crippen molar-refractivity contribution in [3.63, 3.8) is 0 Å². The summed E-state index contributed by atoms with van der Waals surface area (Å²) >= 11 is 0. The SMILES string of the molecule is CNCCN1C(=O)Cc2cc(C(C)C)ccc21. The van der Waals surface area contributed by atoms with E-state index in [1.54, 1.807) is 0 Å². The first-order valence-corrected chi connectivity index (χ1v) is 6.21. The normalized spacial score (nSPS) is 14.6. The Balaban J connectivity index is 2.25. The third kappa shape index (κ3) is 2.34. The van der Waals surface area contributed by atoms with Crippen LogP contribution in [0.4, 0.5) is 5.69 Å². The Morgan fingerprint density at radius 2 is 2.18 bits per heavy atom. The van der Waals surface area contributed by atoms with E-state index >= 15 is 0 Å². The fraction of sp³-hybridized carbons (Fsp3) is 0.500. The van der Waals surface area contributed by atoms with Crippen molar-refractivity contribution in [2.45, 2.75) is 26.2 Å². The number of nitrogens with one attached hydrogen (secondary N) is 1. The van der Waals surface area contributed by atoms with E-state index in [1.165, 1.54) is 11.1 Å². The zero-order valence-electron chi connectivity index (χ0n) is 10.8. The van der Waals surface area contributed by atoms with Gasteiger partial charge in [0.05, 0.1) is 6.42 Å². The molecule has 1 aliphatic rings. The average molecular weight is 232 g/mol. The molecule has 0 unspecified atom stereocenters. The molecule has 0 aromatic heterocycles. The minimum Gasteiger partial charge on any atom is -0.318 e. The molecule has 1 aromatic carbocycles. The Kier molecular flexibility index (Phi) is 3.48. The molecule has 0 saturated heterocycles. The molecule has 0 spiro atoms. The monoisotopic (exact) mass is 232 g/mol. The van der Waals surface area contributed by atoms with Gasteiger partial charge in [0.2, 0.25) is 5.91 Å². The molecule has 0 radical (unpaired) electrons. The highest BCUT2D eigenvalue weighted by Gasteiger charge is 2.26. The van der Waals surface area contributed by atoms with E-state index in [4.69, 9.17) is 0 Å². The summed E-state index contributed by atoms with van der Waals surface area (Å²) in [6, 6.07) is 6.40. The van der Waals surface area contributed by atoms with Crippen LogP contribution in [0.5, 0.6) is 0 Å². The molecule has 1 heterocycles. The van der Waals surface area contributed by atoms with E-state index in [9.17, 15) is 4.79 Å². The van der Waals surface area contributed by atoms with Crippen molar-refractivity contribution in [1.82, 2.24) is 5.32 Å². The number of hydrogen-bond acceptors (Lipinski definition) is 2. The van der Waals surface area contributed by atoms with Crippen LogP contribution in [0.3, 0.4) is 0 Å². The second-order valence-electron chi connectivity index (χ2n) is 4.87. The van der Waals surface area contributed by atoms with Crippen molar-refractivity contribution in [2.24, 2.45) is 0 Å². The van der Waals surface area contributed by atoms with Crippen LogP contribution in [0.1, 0.15) is 30.9 Å². The summed E-state index contributed by atoms with van der Waals surface area (Å²) in [7, 11) is 1.91. The third-order valence-electron chi connectivity index (χ3n) is 3.29. The number of rotatable bonds is 4. The van der Waals surface area contributed by atoms with Gasteiger partial charge in [0.15, 0.2) is 0 Å². The van der Waals surface area contributed by atoms with E-state index in [0.717, 1.165) is 18.8 Å². The number of carbonyl (C=O) groups is 1. The molecule has 0 bridgehead atoms. The Morgan fingerprint density at radius 1 is 1.41 bits per heavy atom. The number of amides is 1. The number of benzene rings is 1. The molecule has 92 valence electrons. The molecule has 0 fully saturated rings. The minimum atomic E-state index is 0.219. The van der Waals surface area contributed by atoms with Crippen LogP contribution in [0.25, 0.3) is 0 Å². The van der Waals surface area contributed by atoms with Gasteiger partial charge in [0, 0.05) is 18.8 Å². The lowest BCUT2D eigenvalue weighted by molar-refractivity contribution is -0.117. The summed E-state index contributed by atoms with van der Waals surface area (Å²) in [5.41, 5.74) is 3.58. The van der Waals surface area contributed by atoms with E-state index in [0.29, 0.717) is 12.3 Å². The van der Waals surface area contributed by atoms with Gasteiger partial charge in [-0.2, -0.15) is 0 Å². The maximum Gasteiger partial charge on any atom is 0.231 e. The van der Waals surface area contributed by atoms with Crippen LogP contribution in [-0.2, 0) is 11.2 Å². The Morgan fingerprint density at radius 3 is 2.82 bits per heavy atom. The third-order valence-corrected chi connectivity index (χ3v) is 3.29. The molecule has 1 aliphatic heterocycles. The number of nitrogens with zero attached hydrogens (tertiary/aromatic N) is 1. The van der Waals surface area contributed by atoms with Gasteiger partial charge in [-0.1, -0.05) is 26.0 Å². The molecule has 2 rings (SSSR count). The van der Waals surface area contributed by atoms with Crippen LogP contribution >= 0.6 is 0 Å². The summed E-state index contributed by atoms with van der Waals surface area (Å²) < 4.78 is 0. The molecule has 17 heavy (non-hydrogen) atoms. The molecule has 1 N–H and O–H groups in total. The summed E-state index contributed by atoms with van der Waals surface area (Å²) in [6.45, 7) is 5.94. The topological polar surface area (TPSA) is 32.3 Å². The van der Waals surface area contributed by atoms with Crippen molar-refractivity contribution in [3.8, 4) is 0 Å². The predicted molar refractivity (Wildman–Crippen MR) is 70.5 cm³/mol. The van der Waals surface area contributed by atoms with E-state index < -0.39 is 0 Å². The minimum absolute atomic E-state index is 0.219. The Bertz CT molecular complexity index is 426.